The van der Waals surface area contributed by atoms with Gasteiger partial charge in [0.1, 0.15) is 12.4 Å². The van der Waals surface area contributed by atoms with Gasteiger partial charge in [-0.15, -0.1) is 0 Å². The van der Waals surface area contributed by atoms with Crippen molar-refractivity contribution in [2.24, 2.45) is 7.05 Å². The summed E-state index contributed by atoms with van der Waals surface area (Å²) in [7, 11) is 1.47. The molecule has 8 nitrogen and oxygen atoms in total. The van der Waals surface area contributed by atoms with Crippen molar-refractivity contribution in [1.29, 1.82) is 0 Å². The van der Waals surface area contributed by atoms with Crippen molar-refractivity contribution in [2.45, 2.75) is 13.5 Å². The third-order valence-electron chi connectivity index (χ3n) is 4.48. The van der Waals surface area contributed by atoms with Crippen molar-refractivity contribution < 1.29 is 9.53 Å². The number of fused-ring (bicyclic) bond motifs is 2. The van der Waals surface area contributed by atoms with Gasteiger partial charge in [0.15, 0.2) is 5.69 Å². The van der Waals surface area contributed by atoms with E-state index in [0.29, 0.717) is 21.7 Å². The van der Waals surface area contributed by atoms with E-state index in [2.05, 4.69) is 15.1 Å². The molecule has 0 bridgehead atoms. The quantitative estimate of drug-likeness (QED) is 0.547. The van der Waals surface area contributed by atoms with E-state index in [1.807, 2.05) is 13.0 Å². The number of para-hydroxylation sites is 1. The summed E-state index contributed by atoms with van der Waals surface area (Å²) in [5, 5.41) is 5.29. The van der Waals surface area contributed by atoms with Crippen LogP contribution in [0.15, 0.2) is 52.1 Å². The Bertz CT molecular complexity index is 1350. The smallest absolute Gasteiger partial charge is 0.359 e. The zero-order valence-electron chi connectivity index (χ0n) is 15.2. The monoisotopic (exact) mass is 376 g/mol. The van der Waals surface area contributed by atoms with Crippen LogP contribution in [0, 0.1) is 6.92 Å². The average Bonchev–Trinajstić information content (AvgIpc) is 2.70. The number of carbonyl (C=O) groups is 1. The topological polar surface area (TPSA) is 107 Å². The van der Waals surface area contributed by atoms with Gasteiger partial charge in [-0.3, -0.25) is 9.59 Å². The van der Waals surface area contributed by atoms with E-state index in [1.54, 1.807) is 36.4 Å². The van der Waals surface area contributed by atoms with Crippen LogP contribution < -0.4 is 11.1 Å². The highest BCUT2D eigenvalue weighted by Crippen LogP contribution is 2.15. The lowest BCUT2D eigenvalue weighted by Gasteiger charge is -2.09. The van der Waals surface area contributed by atoms with Gasteiger partial charge in [-0.2, -0.15) is 5.10 Å². The minimum atomic E-state index is -0.709. The van der Waals surface area contributed by atoms with Crippen molar-refractivity contribution in [3.05, 3.63) is 80.3 Å². The van der Waals surface area contributed by atoms with Crippen LogP contribution >= 0.6 is 0 Å². The molecule has 0 radical (unpaired) electrons. The number of hydrogen-bond acceptors (Lipinski definition) is 6. The molecule has 0 spiro atoms. The van der Waals surface area contributed by atoms with Crippen LogP contribution in [0.4, 0.5) is 0 Å². The van der Waals surface area contributed by atoms with Crippen LogP contribution in [0.5, 0.6) is 0 Å². The normalized spacial score (nSPS) is 11.1. The van der Waals surface area contributed by atoms with Gasteiger partial charge in [0.25, 0.3) is 11.1 Å². The highest BCUT2D eigenvalue weighted by molar-refractivity contribution is 6.02. The number of aryl methyl sites for hydroxylation is 2. The van der Waals surface area contributed by atoms with E-state index >= 15 is 0 Å². The van der Waals surface area contributed by atoms with E-state index in [-0.39, 0.29) is 29.2 Å². The molecule has 0 amide bonds. The Morgan fingerprint density at radius 1 is 1.07 bits per heavy atom. The second-order valence-corrected chi connectivity index (χ2v) is 6.38. The molecule has 2 aromatic carbocycles. The summed E-state index contributed by atoms with van der Waals surface area (Å²) in [6.07, 6.45) is 0. The molecule has 0 saturated heterocycles. The second-order valence-electron chi connectivity index (χ2n) is 6.38. The largest absolute Gasteiger partial charge is 0.453 e. The van der Waals surface area contributed by atoms with E-state index < -0.39 is 5.97 Å². The number of esters is 1. The van der Waals surface area contributed by atoms with Gasteiger partial charge in [-0.1, -0.05) is 30.3 Å². The van der Waals surface area contributed by atoms with Crippen LogP contribution in [0.3, 0.4) is 0 Å². The number of hydrogen-bond donors (Lipinski definition) is 1. The lowest BCUT2D eigenvalue weighted by Crippen LogP contribution is -2.24. The van der Waals surface area contributed by atoms with Crippen molar-refractivity contribution in [1.82, 2.24) is 19.7 Å². The molecule has 0 aliphatic heterocycles. The SMILES string of the molecule is Cc1cccc2c(=O)[nH]c(COC(=O)c3nn(C)c(=O)c4ccccc34)nc12. The molecule has 28 heavy (non-hydrogen) atoms. The van der Waals surface area contributed by atoms with Crippen molar-refractivity contribution >= 4 is 27.6 Å². The summed E-state index contributed by atoms with van der Waals surface area (Å²) >= 11 is 0. The third kappa shape index (κ3) is 2.94. The van der Waals surface area contributed by atoms with Crippen molar-refractivity contribution in [2.75, 3.05) is 0 Å². The Hall–Kier alpha value is -3.81. The Labute approximate surface area is 158 Å². The lowest BCUT2D eigenvalue weighted by atomic mass is 10.1. The fourth-order valence-electron chi connectivity index (χ4n) is 3.07. The third-order valence-corrected chi connectivity index (χ3v) is 4.48. The first kappa shape index (κ1) is 17.6. The molecule has 140 valence electrons. The molecule has 4 aromatic rings. The minimum absolute atomic E-state index is 0.0250. The number of H-pyrrole nitrogens is 1. The Morgan fingerprint density at radius 2 is 1.79 bits per heavy atom. The Balaban J connectivity index is 1.68. The van der Waals surface area contributed by atoms with Gasteiger partial charge >= 0.3 is 5.97 Å². The number of ether oxygens (including phenoxy) is 1. The molecule has 0 atom stereocenters. The lowest BCUT2D eigenvalue weighted by molar-refractivity contribution is 0.0455. The van der Waals surface area contributed by atoms with Crippen molar-refractivity contribution in [3.63, 3.8) is 0 Å². The van der Waals surface area contributed by atoms with Crippen LogP contribution in [0.25, 0.3) is 21.7 Å². The molecule has 0 fully saturated rings. The molecule has 0 aliphatic rings. The maximum absolute atomic E-state index is 12.6. The van der Waals surface area contributed by atoms with Crippen LogP contribution in [-0.2, 0) is 18.4 Å². The number of aromatic nitrogens is 4. The molecule has 4 rings (SSSR count). The molecule has 0 aliphatic carbocycles. The maximum Gasteiger partial charge on any atom is 0.359 e. The Kier molecular flexibility index (Phi) is 4.23. The van der Waals surface area contributed by atoms with Gasteiger partial charge in [0.05, 0.1) is 16.3 Å². The average molecular weight is 376 g/mol. The van der Waals surface area contributed by atoms with E-state index in [0.717, 1.165) is 10.2 Å². The van der Waals surface area contributed by atoms with E-state index in [4.69, 9.17) is 4.74 Å². The fraction of sp³-hybridized carbons (Fsp3) is 0.150. The number of nitrogens with one attached hydrogen (secondary N) is 1. The fourth-order valence-corrected chi connectivity index (χ4v) is 3.07. The van der Waals surface area contributed by atoms with Gasteiger partial charge in [0, 0.05) is 12.4 Å². The Morgan fingerprint density at radius 3 is 2.57 bits per heavy atom. The summed E-state index contributed by atoms with van der Waals surface area (Å²) in [6, 6.07) is 12.0. The zero-order valence-corrected chi connectivity index (χ0v) is 15.2. The highest BCUT2D eigenvalue weighted by Gasteiger charge is 2.17. The van der Waals surface area contributed by atoms with E-state index in [1.165, 1.54) is 7.05 Å². The number of benzene rings is 2. The van der Waals surface area contributed by atoms with Gasteiger partial charge in [-0.05, 0) is 24.6 Å². The highest BCUT2D eigenvalue weighted by atomic mass is 16.5. The molecule has 0 saturated carbocycles. The summed E-state index contributed by atoms with van der Waals surface area (Å²) in [6.45, 7) is 1.63. The molecule has 8 heteroatoms. The summed E-state index contributed by atoms with van der Waals surface area (Å²) < 4.78 is 6.41. The minimum Gasteiger partial charge on any atom is -0.453 e. The number of aromatic amines is 1. The van der Waals surface area contributed by atoms with Gasteiger partial charge in [0.2, 0.25) is 0 Å². The summed E-state index contributed by atoms with van der Waals surface area (Å²) in [5.74, 6) is -0.478. The van der Waals surface area contributed by atoms with Gasteiger partial charge in [-0.25, -0.2) is 14.5 Å². The first-order valence-electron chi connectivity index (χ1n) is 8.57. The standard InChI is InChI=1S/C20H16N4O4/c1-11-6-5-9-14-16(11)21-15(22-18(14)25)10-28-20(27)17-12-7-3-4-8-13(12)19(26)24(2)23-17/h3-9H,10H2,1-2H3,(H,21,22,25). The predicted octanol–water partition coefficient (Wildman–Crippen LogP) is 1.84. The second kappa shape index (κ2) is 6.73. The van der Waals surface area contributed by atoms with Crippen LogP contribution in [0.1, 0.15) is 21.9 Å². The number of carbonyl (C=O) groups excluding carboxylic acids is 1. The van der Waals surface area contributed by atoms with Crippen LogP contribution in [-0.4, -0.2) is 25.7 Å². The summed E-state index contributed by atoms with van der Waals surface area (Å²) in [4.78, 5) is 44.0. The number of nitrogens with zero attached hydrogens (tertiary/aromatic N) is 3. The molecular formula is C20H16N4O4. The maximum atomic E-state index is 12.6. The van der Waals surface area contributed by atoms with E-state index in [9.17, 15) is 14.4 Å². The molecule has 2 aromatic heterocycles. The first-order chi connectivity index (χ1) is 13.5. The molecule has 1 N–H and O–H groups in total. The summed E-state index contributed by atoms with van der Waals surface area (Å²) in [5.41, 5.74) is 0.829. The predicted molar refractivity (Wildman–Crippen MR) is 103 cm³/mol. The van der Waals surface area contributed by atoms with Gasteiger partial charge < -0.3 is 9.72 Å². The van der Waals surface area contributed by atoms with Crippen molar-refractivity contribution in [3.8, 4) is 0 Å². The molecular weight excluding hydrogens is 360 g/mol. The molecule has 0 unspecified atom stereocenters. The first-order valence-corrected chi connectivity index (χ1v) is 8.57. The van der Waals surface area contributed by atoms with Crippen LogP contribution in [0.2, 0.25) is 0 Å². The number of rotatable bonds is 3. The molecule has 2 heterocycles. The zero-order chi connectivity index (χ0) is 19.8.